The minimum Gasteiger partial charge on any atom is -0.481 e. The molecule has 0 aliphatic rings. The number of hydrogen-bond donors (Lipinski definition) is 1. The van der Waals surface area contributed by atoms with Gasteiger partial charge < -0.3 is 5.11 Å². The zero-order chi connectivity index (χ0) is 8.53. The Hall–Kier alpha value is -0.620. The molecule has 0 aromatic carbocycles. The van der Waals surface area contributed by atoms with Crippen LogP contribution in [0.1, 0.15) is 19.3 Å². The predicted molar refractivity (Wildman–Crippen MR) is 47.6 cm³/mol. The Morgan fingerprint density at radius 3 is 2.82 bits per heavy atom. The van der Waals surface area contributed by atoms with Crippen LogP contribution in [0.25, 0.3) is 0 Å². The Labute approximate surface area is 71.4 Å². The molecule has 0 aromatic rings. The van der Waals surface area contributed by atoms with Gasteiger partial charge in [-0.25, -0.2) is 0 Å². The standard InChI is InChI=1S/C8H12O2S/c1-2-6-11-7-4-3-5-8(9)10/h1H,3-7H2,(H,9,10). The molecule has 0 aliphatic carbocycles. The summed E-state index contributed by atoms with van der Waals surface area (Å²) in [5.41, 5.74) is 0. The first-order valence-electron chi connectivity index (χ1n) is 3.50. The van der Waals surface area contributed by atoms with E-state index in [4.69, 9.17) is 11.5 Å². The number of rotatable bonds is 6. The van der Waals surface area contributed by atoms with Crippen molar-refractivity contribution in [3.8, 4) is 12.3 Å². The van der Waals surface area contributed by atoms with E-state index >= 15 is 0 Å². The zero-order valence-corrected chi connectivity index (χ0v) is 7.19. The van der Waals surface area contributed by atoms with Gasteiger partial charge in [0.05, 0.1) is 5.75 Å². The number of unbranched alkanes of at least 4 members (excludes halogenated alkanes) is 1. The van der Waals surface area contributed by atoms with E-state index in [1.807, 2.05) is 0 Å². The van der Waals surface area contributed by atoms with Crippen LogP contribution in [0.15, 0.2) is 0 Å². The van der Waals surface area contributed by atoms with Gasteiger partial charge in [-0.05, 0) is 18.6 Å². The van der Waals surface area contributed by atoms with Gasteiger partial charge in [-0.15, -0.1) is 18.2 Å². The topological polar surface area (TPSA) is 37.3 Å². The maximum atomic E-state index is 10.0. The van der Waals surface area contributed by atoms with E-state index in [1.165, 1.54) is 0 Å². The van der Waals surface area contributed by atoms with Crippen molar-refractivity contribution in [3.63, 3.8) is 0 Å². The third kappa shape index (κ3) is 9.38. The molecule has 2 nitrogen and oxygen atoms in total. The summed E-state index contributed by atoms with van der Waals surface area (Å²) in [6.07, 6.45) is 7.00. The fraction of sp³-hybridized carbons (Fsp3) is 0.625. The molecule has 0 aliphatic heterocycles. The summed E-state index contributed by atoms with van der Waals surface area (Å²) in [5.74, 6) is 3.50. The van der Waals surface area contributed by atoms with E-state index in [0.29, 0.717) is 0 Å². The maximum Gasteiger partial charge on any atom is 0.303 e. The van der Waals surface area contributed by atoms with Crippen LogP contribution < -0.4 is 0 Å². The van der Waals surface area contributed by atoms with E-state index in [2.05, 4.69) is 5.92 Å². The van der Waals surface area contributed by atoms with Crippen LogP contribution >= 0.6 is 11.8 Å². The van der Waals surface area contributed by atoms with Crippen molar-refractivity contribution in [3.05, 3.63) is 0 Å². The lowest BCUT2D eigenvalue weighted by Crippen LogP contribution is -1.94. The smallest absolute Gasteiger partial charge is 0.303 e. The molecular weight excluding hydrogens is 160 g/mol. The van der Waals surface area contributed by atoms with E-state index in [-0.39, 0.29) is 6.42 Å². The molecule has 0 radical (unpaired) electrons. The summed E-state index contributed by atoms with van der Waals surface area (Å²) in [7, 11) is 0. The summed E-state index contributed by atoms with van der Waals surface area (Å²) < 4.78 is 0. The van der Waals surface area contributed by atoms with Crippen molar-refractivity contribution in [1.29, 1.82) is 0 Å². The summed E-state index contributed by atoms with van der Waals surface area (Å²) >= 11 is 1.68. The molecule has 0 aromatic heterocycles. The summed E-state index contributed by atoms with van der Waals surface area (Å²) in [5, 5.41) is 8.28. The predicted octanol–water partition coefficient (Wildman–Crippen LogP) is 1.61. The second-order valence-corrected chi connectivity index (χ2v) is 3.21. The molecule has 0 bridgehead atoms. The van der Waals surface area contributed by atoms with Gasteiger partial charge in [0, 0.05) is 6.42 Å². The van der Waals surface area contributed by atoms with E-state index in [9.17, 15) is 4.79 Å². The lowest BCUT2D eigenvalue weighted by molar-refractivity contribution is -0.137. The molecule has 0 rings (SSSR count). The summed E-state index contributed by atoms with van der Waals surface area (Å²) in [6, 6.07) is 0. The monoisotopic (exact) mass is 172 g/mol. The fourth-order valence-electron chi connectivity index (χ4n) is 0.611. The largest absolute Gasteiger partial charge is 0.481 e. The first-order chi connectivity index (χ1) is 5.27. The second kappa shape index (κ2) is 7.49. The van der Waals surface area contributed by atoms with Crippen molar-refractivity contribution >= 4 is 17.7 Å². The number of aliphatic carboxylic acids is 1. The Morgan fingerprint density at radius 1 is 1.55 bits per heavy atom. The van der Waals surface area contributed by atoms with Crippen LogP contribution in [0.4, 0.5) is 0 Å². The summed E-state index contributed by atoms with van der Waals surface area (Å²) in [4.78, 5) is 10.0. The van der Waals surface area contributed by atoms with E-state index in [1.54, 1.807) is 11.8 Å². The summed E-state index contributed by atoms with van der Waals surface area (Å²) in [6.45, 7) is 0. The molecule has 1 N–H and O–H groups in total. The molecule has 3 heteroatoms. The van der Waals surface area contributed by atoms with E-state index in [0.717, 1.165) is 24.3 Å². The van der Waals surface area contributed by atoms with Crippen molar-refractivity contribution < 1.29 is 9.90 Å². The van der Waals surface area contributed by atoms with Crippen LogP contribution in [0.2, 0.25) is 0 Å². The van der Waals surface area contributed by atoms with E-state index < -0.39 is 5.97 Å². The van der Waals surface area contributed by atoms with Crippen molar-refractivity contribution in [2.45, 2.75) is 19.3 Å². The van der Waals surface area contributed by atoms with Crippen molar-refractivity contribution in [1.82, 2.24) is 0 Å². The third-order valence-electron chi connectivity index (χ3n) is 1.11. The van der Waals surface area contributed by atoms with Gasteiger partial charge in [0.15, 0.2) is 0 Å². The Bertz CT molecular complexity index is 149. The molecular formula is C8H12O2S. The van der Waals surface area contributed by atoms with Crippen LogP contribution in [0.5, 0.6) is 0 Å². The highest BCUT2D eigenvalue weighted by Gasteiger charge is 1.95. The molecule has 0 atom stereocenters. The molecule has 0 spiro atoms. The van der Waals surface area contributed by atoms with Gasteiger partial charge in [0.2, 0.25) is 0 Å². The van der Waals surface area contributed by atoms with Crippen LogP contribution in [0.3, 0.4) is 0 Å². The quantitative estimate of drug-likeness (QED) is 0.488. The van der Waals surface area contributed by atoms with Gasteiger partial charge in [-0.1, -0.05) is 5.92 Å². The highest BCUT2D eigenvalue weighted by Crippen LogP contribution is 2.04. The zero-order valence-electron chi connectivity index (χ0n) is 6.38. The van der Waals surface area contributed by atoms with Gasteiger partial charge in [-0.3, -0.25) is 4.79 Å². The average molecular weight is 172 g/mol. The van der Waals surface area contributed by atoms with Crippen LogP contribution in [-0.4, -0.2) is 22.6 Å². The van der Waals surface area contributed by atoms with Gasteiger partial charge in [0.25, 0.3) is 0 Å². The number of thioether (sulfide) groups is 1. The SMILES string of the molecule is C#CCSCCCCC(=O)O. The average Bonchev–Trinajstić information content (AvgIpc) is 1.96. The first kappa shape index (κ1) is 10.4. The van der Waals surface area contributed by atoms with Crippen molar-refractivity contribution in [2.24, 2.45) is 0 Å². The van der Waals surface area contributed by atoms with Gasteiger partial charge in [0.1, 0.15) is 0 Å². The normalized spacial score (nSPS) is 9.00. The highest BCUT2D eigenvalue weighted by molar-refractivity contribution is 7.99. The molecule has 62 valence electrons. The number of carbonyl (C=O) groups is 1. The van der Waals surface area contributed by atoms with Crippen LogP contribution in [-0.2, 0) is 4.79 Å². The molecule has 11 heavy (non-hydrogen) atoms. The maximum absolute atomic E-state index is 10.0. The molecule has 0 fully saturated rings. The lowest BCUT2D eigenvalue weighted by atomic mass is 10.3. The lowest BCUT2D eigenvalue weighted by Gasteiger charge is -1.95. The van der Waals surface area contributed by atoms with Gasteiger partial charge in [-0.2, -0.15) is 0 Å². The number of carboxylic acid groups (broad SMARTS) is 1. The number of hydrogen-bond acceptors (Lipinski definition) is 2. The molecule has 0 unspecified atom stereocenters. The van der Waals surface area contributed by atoms with Crippen molar-refractivity contribution in [2.75, 3.05) is 11.5 Å². The minimum absolute atomic E-state index is 0.274. The molecule has 0 saturated carbocycles. The highest BCUT2D eigenvalue weighted by atomic mass is 32.2. The fourth-order valence-corrected chi connectivity index (χ4v) is 1.28. The number of carboxylic acids is 1. The minimum atomic E-state index is -0.716. The molecule has 0 amide bonds. The number of terminal acetylenes is 1. The Balaban J connectivity index is 2.92. The van der Waals surface area contributed by atoms with Gasteiger partial charge >= 0.3 is 5.97 Å². The van der Waals surface area contributed by atoms with Crippen LogP contribution in [0, 0.1) is 12.3 Å². The first-order valence-corrected chi connectivity index (χ1v) is 4.66. The molecule has 0 saturated heterocycles. The molecule has 0 heterocycles. The Morgan fingerprint density at radius 2 is 2.27 bits per heavy atom. The third-order valence-corrected chi connectivity index (χ3v) is 2.06. The second-order valence-electron chi connectivity index (χ2n) is 2.11. The Kier molecular flexibility index (Phi) is 7.06.